The van der Waals surface area contributed by atoms with Crippen molar-refractivity contribution in [2.45, 2.75) is 13.3 Å². The van der Waals surface area contributed by atoms with E-state index in [4.69, 9.17) is 5.73 Å². The average molecular weight is 294 g/mol. The van der Waals surface area contributed by atoms with Crippen LogP contribution in [0.3, 0.4) is 0 Å². The summed E-state index contributed by atoms with van der Waals surface area (Å²) >= 11 is 1.79. The second-order valence-electron chi connectivity index (χ2n) is 4.02. The molecular weight excluding hydrogens is 272 g/mol. The van der Waals surface area contributed by atoms with E-state index in [2.05, 4.69) is 10.3 Å². The lowest BCUT2D eigenvalue weighted by Crippen LogP contribution is -2.43. The zero-order valence-corrected chi connectivity index (χ0v) is 12.4. The van der Waals surface area contributed by atoms with E-state index in [1.807, 2.05) is 6.92 Å². The Hall–Kier alpha value is -0.470. The zero-order valence-electron chi connectivity index (χ0n) is 10.8. The molecule has 0 aromatic rings. The molecule has 3 N–H and O–H groups in total. The average Bonchev–Trinajstić information content (AvgIpc) is 2.37. The minimum atomic E-state index is -3.15. The first-order valence-corrected chi connectivity index (χ1v) is 8.92. The molecule has 1 heterocycles. The third-order valence-corrected chi connectivity index (χ3v) is 5.35. The summed E-state index contributed by atoms with van der Waals surface area (Å²) in [5.41, 5.74) is 5.59. The van der Waals surface area contributed by atoms with Crippen LogP contribution in [0.1, 0.15) is 13.3 Å². The highest BCUT2D eigenvalue weighted by Gasteiger charge is 2.23. The van der Waals surface area contributed by atoms with E-state index in [1.54, 1.807) is 16.1 Å². The Kier molecular flexibility index (Phi) is 6.80. The summed E-state index contributed by atoms with van der Waals surface area (Å²) in [7, 11) is -3.15. The quantitative estimate of drug-likeness (QED) is 0.518. The largest absolute Gasteiger partial charge is 0.370 e. The summed E-state index contributed by atoms with van der Waals surface area (Å²) < 4.78 is 25.5. The molecule has 0 aromatic carbocycles. The van der Waals surface area contributed by atoms with Gasteiger partial charge in [0, 0.05) is 37.7 Å². The molecule has 1 rings (SSSR count). The van der Waals surface area contributed by atoms with Crippen molar-refractivity contribution in [2.75, 3.05) is 43.4 Å². The Morgan fingerprint density at radius 3 is 2.72 bits per heavy atom. The van der Waals surface area contributed by atoms with E-state index in [1.165, 1.54) is 0 Å². The molecule has 1 aliphatic heterocycles. The molecule has 0 aliphatic carbocycles. The van der Waals surface area contributed by atoms with Gasteiger partial charge in [0.2, 0.25) is 10.0 Å². The van der Waals surface area contributed by atoms with Gasteiger partial charge in [-0.2, -0.15) is 11.8 Å². The maximum Gasteiger partial charge on any atom is 0.215 e. The molecule has 0 radical (unpaired) electrons. The van der Waals surface area contributed by atoms with E-state index in [9.17, 15) is 8.42 Å². The van der Waals surface area contributed by atoms with Crippen molar-refractivity contribution in [3.63, 3.8) is 0 Å². The summed E-state index contributed by atoms with van der Waals surface area (Å²) in [6.45, 7) is 4.22. The van der Waals surface area contributed by atoms with Gasteiger partial charge in [-0.1, -0.05) is 6.92 Å². The molecule has 106 valence electrons. The summed E-state index contributed by atoms with van der Waals surface area (Å²) in [5.74, 6) is 2.15. The molecule has 0 unspecified atom stereocenters. The van der Waals surface area contributed by atoms with Gasteiger partial charge in [0.1, 0.15) is 0 Å². The van der Waals surface area contributed by atoms with Crippen LogP contribution in [0.5, 0.6) is 0 Å². The molecule has 1 aliphatic rings. The standard InChI is InChI=1S/C10H22N4O2S2/c1-2-3-12-10(11)13-4-9-18(15,16)14-5-7-17-8-6-14/h2-9H2,1H3,(H3,11,12,13). The number of nitrogens with zero attached hydrogens (tertiary/aromatic N) is 2. The second-order valence-corrected chi connectivity index (χ2v) is 7.33. The number of hydrogen-bond acceptors (Lipinski definition) is 4. The zero-order chi connectivity index (χ0) is 13.4. The third kappa shape index (κ3) is 5.45. The number of hydrogen-bond donors (Lipinski definition) is 2. The number of nitrogens with two attached hydrogens (primary N) is 1. The lowest BCUT2D eigenvalue weighted by Gasteiger charge is -2.25. The summed E-state index contributed by atoms with van der Waals surface area (Å²) in [6.07, 6.45) is 0.923. The Balaban J connectivity index is 2.33. The molecular formula is C10H22N4O2S2. The highest BCUT2D eigenvalue weighted by molar-refractivity contribution is 7.99. The second kappa shape index (κ2) is 7.85. The van der Waals surface area contributed by atoms with Gasteiger partial charge in [-0.15, -0.1) is 0 Å². The number of thioether (sulfide) groups is 1. The summed E-state index contributed by atoms with van der Waals surface area (Å²) in [4.78, 5) is 4.05. The van der Waals surface area contributed by atoms with E-state index in [-0.39, 0.29) is 5.75 Å². The molecule has 6 nitrogen and oxygen atoms in total. The number of rotatable bonds is 6. The van der Waals surface area contributed by atoms with Gasteiger partial charge >= 0.3 is 0 Å². The van der Waals surface area contributed by atoms with Crippen LogP contribution in [-0.4, -0.2) is 62.1 Å². The van der Waals surface area contributed by atoms with Crippen LogP contribution in [0.2, 0.25) is 0 Å². The predicted octanol–water partition coefficient (Wildman–Crippen LogP) is -0.321. The van der Waals surface area contributed by atoms with Gasteiger partial charge in [0.15, 0.2) is 5.96 Å². The van der Waals surface area contributed by atoms with Crippen molar-refractivity contribution in [3.05, 3.63) is 0 Å². The van der Waals surface area contributed by atoms with Gasteiger partial charge < -0.3 is 11.1 Å². The fourth-order valence-electron chi connectivity index (χ4n) is 1.55. The number of sulfonamides is 1. The van der Waals surface area contributed by atoms with E-state index in [0.717, 1.165) is 17.9 Å². The molecule has 0 spiro atoms. The summed E-state index contributed by atoms with van der Waals surface area (Å²) in [6, 6.07) is 0. The van der Waals surface area contributed by atoms with Crippen LogP contribution in [0, 0.1) is 0 Å². The monoisotopic (exact) mass is 294 g/mol. The van der Waals surface area contributed by atoms with Gasteiger partial charge in [0.25, 0.3) is 0 Å². The highest BCUT2D eigenvalue weighted by atomic mass is 32.2. The minimum absolute atomic E-state index is 0.0695. The first kappa shape index (κ1) is 15.6. The molecule has 0 amide bonds. The van der Waals surface area contributed by atoms with Crippen LogP contribution >= 0.6 is 11.8 Å². The van der Waals surface area contributed by atoms with Crippen molar-refractivity contribution >= 4 is 27.7 Å². The van der Waals surface area contributed by atoms with E-state index >= 15 is 0 Å². The molecule has 18 heavy (non-hydrogen) atoms. The van der Waals surface area contributed by atoms with Crippen molar-refractivity contribution < 1.29 is 8.42 Å². The molecule has 0 atom stereocenters. The van der Waals surface area contributed by atoms with Crippen molar-refractivity contribution in [1.82, 2.24) is 9.62 Å². The molecule has 1 fully saturated rings. The molecule has 0 aromatic heterocycles. The first-order valence-electron chi connectivity index (χ1n) is 6.15. The first-order chi connectivity index (χ1) is 8.56. The number of guanidine groups is 1. The van der Waals surface area contributed by atoms with E-state index < -0.39 is 10.0 Å². The Bertz CT molecular complexity index is 364. The van der Waals surface area contributed by atoms with Crippen molar-refractivity contribution in [1.29, 1.82) is 0 Å². The van der Waals surface area contributed by atoms with Crippen LogP contribution in [0.4, 0.5) is 0 Å². The van der Waals surface area contributed by atoms with Gasteiger partial charge in [-0.3, -0.25) is 4.99 Å². The van der Waals surface area contributed by atoms with Crippen molar-refractivity contribution in [2.24, 2.45) is 10.7 Å². The molecule has 0 bridgehead atoms. The van der Waals surface area contributed by atoms with Crippen LogP contribution < -0.4 is 11.1 Å². The fraction of sp³-hybridized carbons (Fsp3) is 0.900. The SMILES string of the molecule is CCCN=C(N)NCCS(=O)(=O)N1CCSCC1. The normalized spacial score (nSPS) is 18.8. The minimum Gasteiger partial charge on any atom is -0.370 e. The van der Waals surface area contributed by atoms with E-state index in [0.29, 0.717) is 32.1 Å². The smallest absolute Gasteiger partial charge is 0.215 e. The van der Waals surface area contributed by atoms with Crippen LogP contribution in [0.15, 0.2) is 4.99 Å². The van der Waals surface area contributed by atoms with Crippen molar-refractivity contribution in [3.8, 4) is 0 Å². The molecule has 8 heteroatoms. The van der Waals surface area contributed by atoms with Gasteiger partial charge in [-0.05, 0) is 6.42 Å². The topological polar surface area (TPSA) is 87.8 Å². The lowest BCUT2D eigenvalue weighted by atomic mass is 10.5. The number of aliphatic imine (C=N–C) groups is 1. The number of nitrogens with one attached hydrogen (secondary N) is 1. The fourth-order valence-corrected chi connectivity index (χ4v) is 4.04. The molecule has 0 saturated carbocycles. The van der Waals surface area contributed by atoms with Gasteiger partial charge in [-0.25, -0.2) is 12.7 Å². The predicted molar refractivity (Wildman–Crippen MR) is 77.5 cm³/mol. The maximum atomic E-state index is 12.0. The lowest BCUT2D eigenvalue weighted by molar-refractivity contribution is 0.443. The maximum absolute atomic E-state index is 12.0. The van der Waals surface area contributed by atoms with Crippen LogP contribution in [-0.2, 0) is 10.0 Å². The highest BCUT2D eigenvalue weighted by Crippen LogP contribution is 2.12. The van der Waals surface area contributed by atoms with Gasteiger partial charge in [0.05, 0.1) is 5.75 Å². The molecule has 1 saturated heterocycles. The Morgan fingerprint density at radius 2 is 2.11 bits per heavy atom. The summed E-state index contributed by atoms with van der Waals surface area (Å²) in [5, 5.41) is 2.83. The van der Waals surface area contributed by atoms with Crippen LogP contribution in [0.25, 0.3) is 0 Å². The Labute approximate surface area is 113 Å². The third-order valence-electron chi connectivity index (χ3n) is 2.54. The Morgan fingerprint density at radius 1 is 1.44 bits per heavy atom.